The lowest BCUT2D eigenvalue weighted by molar-refractivity contribution is -0.139. The number of ether oxygens (including phenoxy) is 2. The molecule has 26 heavy (non-hydrogen) atoms. The molecule has 1 atom stereocenters. The monoisotopic (exact) mass is 352 g/mol. The molecule has 1 unspecified atom stereocenters. The number of tetrazole rings is 1. The van der Waals surface area contributed by atoms with E-state index in [1.165, 1.54) is 0 Å². The molecule has 0 amide bonds. The average Bonchev–Trinajstić information content (AvgIpc) is 3.16. The van der Waals surface area contributed by atoms with Crippen molar-refractivity contribution in [3.63, 3.8) is 0 Å². The lowest BCUT2D eigenvalue weighted by Gasteiger charge is -2.27. The molecule has 132 valence electrons. The third kappa shape index (κ3) is 3.00. The first-order valence-corrected chi connectivity index (χ1v) is 7.86. The van der Waals surface area contributed by atoms with Crippen molar-refractivity contribution < 1.29 is 14.3 Å². The van der Waals surface area contributed by atoms with Crippen molar-refractivity contribution in [2.45, 2.75) is 19.8 Å². The molecule has 2 aromatic rings. The predicted octanol–water partition coefficient (Wildman–Crippen LogP) is 1.51. The van der Waals surface area contributed by atoms with Gasteiger partial charge in [-0.05, 0) is 30.7 Å². The van der Waals surface area contributed by atoms with E-state index in [-0.39, 0.29) is 23.6 Å². The molecule has 1 aromatic heterocycles. The number of benzene rings is 1. The topological polar surface area (TPSA) is 140 Å². The van der Waals surface area contributed by atoms with Gasteiger partial charge in [0.25, 0.3) is 0 Å². The SMILES string of the molecule is CCOC(=O)C1=C(C)OC(N)=C(C#N)C1c1cccc(-c2nn[nH]n2)c1. The molecule has 0 aliphatic carbocycles. The first-order chi connectivity index (χ1) is 12.6. The lowest BCUT2D eigenvalue weighted by atomic mass is 9.82. The van der Waals surface area contributed by atoms with Crippen LogP contribution in [0.15, 0.2) is 47.1 Å². The summed E-state index contributed by atoms with van der Waals surface area (Å²) in [6.07, 6.45) is 0. The zero-order chi connectivity index (χ0) is 18.7. The molecule has 0 fully saturated rings. The summed E-state index contributed by atoms with van der Waals surface area (Å²) in [5.41, 5.74) is 7.61. The standard InChI is InChI=1S/C17H16N6O3/c1-3-25-17(24)13-9(2)26-15(19)12(8-18)14(13)10-5-4-6-11(7-10)16-20-22-23-21-16/h4-7,14H,3,19H2,1-2H3,(H,20,21,22,23). The Morgan fingerprint density at radius 2 is 2.31 bits per heavy atom. The van der Waals surface area contributed by atoms with E-state index in [9.17, 15) is 10.1 Å². The van der Waals surface area contributed by atoms with Crippen LogP contribution in [0.1, 0.15) is 25.3 Å². The Morgan fingerprint density at radius 3 is 2.96 bits per heavy atom. The number of nitrogens with one attached hydrogen (secondary N) is 1. The second-order valence-corrected chi connectivity index (χ2v) is 5.48. The Morgan fingerprint density at radius 1 is 1.50 bits per heavy atom. The maximum Gasteiger partial charge on any atom is 0.338 e. The van der Waals surface area contributed by atoms with Crippen LogP contribution in [0.2, 0.25) is 0 Å². The van der Waals surface area contributed by atoms with Gasteiger partial charge < -0.3 is 15.2 Å². The van der Waals surface area contributed by atoms with Gasteiger partial charge >= 0.3 is 5.97 Å². The van der Waals surface area contributed by atoms with Crippen LogP contribution >= 0.6 is 0 Å². The van der Waals surface area contributed by atoms with Crippen molar-refractivity contribution in [2.75, 3.05) is 6.61 Å². The number of carbonyl (C=O) groups is 1. The summed E-state index contributed by atoms with van der Waals surface area (Å²) >= 11 is 0. The number of carbonyl (C=O) groups excluding carboxylic acids is 1. The highest BCUT2D eigenvalue weighted by Gasteiger charge is 2.36. The van der Waals surface area contributed by atoms with Crippen LogP contribution in [-0.2, 0) is 14.3 Å². The first kappa shape index (κ1) is 17.2. The van der Waals surface area contributed by atoms with Gasteiger partial charge in [-0.1, -0.05) is 18.2 Å². The van der Waals surface area contributed by atoms with E-state index in [2.05, 4.69) is 20.6 Å². The number of aromatic amines is 1. The number of nitrogens with zero attached hydrogens (tertiary/aromatic N) is 4. The minimum atomic E-state index is -0.709. The van der Waals surface area contributed by atoms with Crippen LogP contribution < -0.4 is 5.73 Å². The van der Waals surface area contributed by atoms with E-state index in [1.807, 2.05) is 6.07 Å². The molecule has 3 rings (SSSR count). The Labute approximate surface area is 149 Å². The number of nitrogens with two attached hydrogens (primary N) is 1. The molecule has 0 spiro atoms. The van der Waals surface area contributed by atoms with Crippen molar-refractivity contribution >= 4 is 5.97 Å². The number of H-pyrrole nitrogens is 1. The van der Waals surface area contributed by atoms with Gasteiger partial charge in [0.2, 0.25) is 11.7 Å². The molecule has 0 saturated carbocycles. The smallest absolute Gasteiger partial charge is 0.338 e. The van der Waals surface area contributed by atoms with Crippen molar-refractivity contribution in [2.24, 2.45) is 5.73 Å². The van der Waals surface area contributed by atoms with E-state index in [4.69, 9.17) is 15.2 Å². The quantitative estimate of drug-likeness (QED) is 0.789. The van der Waals surface area contributed by atoms with E-state index >= 15 is 0 Å². The van der Waals surface area contributed by atoms with Crippen molar-refractivity contribution in [1.82, 2.24) is 20.6 Å². The van der Waals surface area contributed by atoms with Gasteiger partial charge in [0, 0.05) is 5.56 Å². The van der Waals surface area contributed by atoms with Crippen molar-refractivity contribution in [3.05, 3.63) is 52.6 Å². The van der Waals surface area contributed by atoms with Gasteiger partial charge in [-0.15, -0.1) is 10.2 Å². The number of hydrogen-bond acceptors (Lipinski definition) is 8. The van der Waals surface area contributed by atoms with Crippen LogP contribution in [-0.4, -0.2) is 33.2 Å². The minimum Gasteiger partial charge on any atom is -0.463 e. The first-order valence-electron chi connectivity index (χ1n) is 7.86. The van der Waals surface area contributed by atoms with E-state index < -0.39 is 11.9 Å². The Hall–Kier alpha value is -3.67. The molecule has 1 aliphatic rings. The van der Waals surface area contributed by atoms with E-state index in [0.29, 0.717) is 22.7 Å². The third-order valence-corrected chi connectivity index (χ3v) is 3.92. The van der Waals surface area contributed by atoms with Crippen LogP contribution in [0, 0.1) is 11.3 Å². The number of aromatic nitrogens is 4. The molecule has 0 saturated heterocycles. The number of rotatable bonds is 4. The Balaban J connectivity index is 2.14. The summed E-state index contributed by atoms with van der Waals surface area (Å²) in [7, 11) is 0. The zero-order valence-electron chi connectivity index (χ0n) is 14.2. The second-order valence-electron chi connectivity index (χ2n) is 5.48. The van der Waals surface area contributed by atoms with Gasteiger partial charge in [-0.25, -0.2) is 4.79 Å². The van der Waals surface area contributed by atoms with Gasteiger partial charge in [0.15, 0.2) is 0 Å². The van der Waals surface area contributed by atoms with E-state index in [1.54, 1.807) is 38.1 Å². The molecule has 0 bridgehead atoms. The summed E-state index contributed by atoms with van der Waals surface area (Å²) < 4.78 is 10.5. The fourth-order valence-electron chi connectivity index (χ4n) is 2.83. The molecule has 9 heteroatoms. The van der Waals surface area contributed by atoms with Gasteiger partial charge in [-0.2, -0.15) is 10.5 Å². The highest BCUT2D eigenvalue weighted by Crippen LogP contribution is 2.40. The van der Waals surface area contributed by atoms with Gasteiger partial charge in [-0.3, -0.25) is 0 Å². The molecular weight excluding hydrogens is 336 g/mol. The van der Waals surface area contributed by atoms with Gasteiger partial charge in [0.05, 0.1) is 18.1 Å². The van der Waals surface area contributed by atoms with E-state index in [0.717, 1.165) is 0 Å². The summed E-state index contributed by atoms with van der Waals surface area (Å²) in [4.78, 5) is 12.5. The molecule has 1 aromatic carbocycles. The molecular formula is C17H16N6O3. The lowest BCUT2D eigenvalue weighted by Crippen LogP contribution is -2.25. The number of hydrogen-bond donors (Lipinski definition) is 2. The summed E-state index contributed by atoms with van der Waals surface area (Å²) in [5, 5.41) is 23.4. The highest BCUT2D eigenvalue weighted by atomic mass is 16.5. The predicted molar refractivity (Wildman–Crippen MR) is 89.6 cm³/mol. The maximum atomic E-state index is 12.5. The summed E-state index contributed by atoms with van der Waals surface area (Å²) in [6, 6.07) is 9.18. The van der Waals surface area contributed by atoms with Gasteiger partial charge in [0.1, 0.15) is 17.4 Å². The molecule has 1 aliphatic heterocycles. The Bertz CT molecular complexity index is 940. The number of nitriles is 1. The average molecular weight is 352 g/mol. The van der Waals surface area contributed by atoms with Crippen molar-refractivity contribution in [3.8, 4) is 17.5 Å². The summed E-state index contributed by atoms with van der Waals surface area (Å²) in [5.74, 6) is -0.601. The zero-order valence-corrected chi connectivity index (χ0v) is 14.2. The van der Waals surface area contributed by atoms with Crippen LogP contribution in [0.3, 0.4) is 0 Å². The fourth-order valence-corrected chi connectivity index (χ4v) is 2.83. The van der Waals surface area contributed by atoms with Crippen molar-refractivity contribution in [1.29, 1.82) is 5.26 Å². The molecule has 3 N–H and O–H groups in total. The Kier molecular flexibility index (Phi) is 4.66. The largest absolute Gasteiger partial charge is 0.463 e. The van der Waals surface area contributed by atoms with Crippen LogP contribution in [0.5, 0.6) is 0 Å². The number of esters is 1. The van der Waals surface area contributed by atoms with Crippen LogP contribution in [0.25, 0.3) is 11.4 Å². The molecule has 2 heterocycles. The minimum absolute atomic E-state index is 0.0342. The molecule has 9 nitrogen and oxygen atoms in total. The third-order valence-electron chi connectivity index (χ3n) is 3.92. The highest BCUT2D eigenvalue weighted by molar-refractivity contribution is 5.92. The summed E-state index contributed by atoms with van der Waals surface area (Å²) in [6.45, 7) is 3.52. The molecule has 0 radical (unpaired) electrons. The maximum absolute atomic E-state index is 12.5. The normalized spacial score (nSPS) is 16.9. The number of allylic oxidation sites excluding steroid dienone is 2. The fraction of sp³-hybridized carbons (Fsp3) is 0.235. The second kappa shape index (κ2) is 7.06. The van der Waals surface area contributed by atoms with Crippen LogP contribution in [0.4, 0.5) is 0 Å².